The number of carbonyl (C=O) groups excluding carboxylic acids is 2. The number of aliphatic hydroxyl groups excluding tert-OH is 2. The molecule has 2 amide bonds. The van der Waals surface area contributed by atoms with Gasteiger partial charge in [-0.3, -0.25) is 9.59 Å². The van der Waals surface area contributed by atoms with Crippen LogP contribution in [0.1, 0.15) is 42.9 Å². The zero-order valence-electron chi connectivity index (χ0n) is 36.0. The highest BCUT2D eigenvalue weighted by molar-refractivity contribution is 7.89. The molecular weight excluding hydrogens is 900 g/mol. The Hall–Kier alpha value is -4.68. The standard InChI is InChI=1S/C23H26ClN3O5S.C23H28ClN3O3S/c1-16(28)22(29)15-23(30)27-8-7-17-13-20(5-6-21(17)27)33(31,32)26-11-9-25(10-12-26)19-4-2-3-18(24)14-19;1-3-4-23(28)27-10-9-18-15-20(7-8-21(18)27)31(29,30)26-13-11-25(12-14-26)22-16-19(24)6-5-17(22)2/h2-6,13-14,22,28-29H,1,7-12,15H2;5-8,15-16H,3-4,9-14H2,1-2H3. The number of fused-ring (bicyclic) bond motifs is 2. The average molecular weight is 954 g/mol. The highest BCUT2D eigenvalue weighted by Crippen LogP contribution is 2.35. The van der Waals surface area contributed by atoms with Crippen molar-refractivity contribution in [1.82, 2.24) is 8.61 Å². The Morgan fingerprint density at radius 1 is 0.656 bits per heavy atom. The van der Waals surface area contributed by atoms with Crippen LogP contribution in [0.25, 0.3) is 0 Å². The number of sulfonamides is 2. The van der Waals surface area contributed by atoms with Crippen LogP contribution < -0.4 is 19.6 Å². The maximum Gasteiger partial charge on any atom is 0.243 e. The molecule has 0 aromatic heterocycles. The number of piperazine rings is 2. The van der Waals surface area contributed by atoms with Gasteiger partial charge in [0.05, 0.1) is 16.2 Å². The van der Waals surface area contributed by atoms with Crippen molar-refractivity contribution in [2.45, 2.75) is 61.8 Å². The molecule has 2 fully saturated rings. The molecule has 4 aliphatic heterocycles. The van der Waals surface area contributed by atoms with Crippen LogP contribution in [-0.2, 0) is 42.5 Å². The van der Waals surface area contributed by atoms with E-state index in [1.807, 2.05) is 50.2 Å². The minimum absolute atomic E-state index is 0.101. The first kappa shape index (κ1) is 47.3. The topological polar surface area (TPSA) is 162 Å². The lowest BCUT2D eigenvalue weighted by Crippen LogP contribution is -2.48. The Bertz CT molecular complexity index is 2630. The van der Waals surface area contributed by atoms with Crippen molar-refractivity contribution in [2.24, 2.45) is 0 Å². The number of nitrogens with zero attached hydrogens (tertiary/aromatic N) is 6. The number of aryl methyl sites for hydroxylation is 1. The molecule has 8 rings (SSSR count). The van der Waals surface area contributed by atoms with Crippen LogP contribution in [0.15, 0.2) is 101 Å². The highest BCUT2D eigenvalue weighted by atomic mass is 35.5. The number of halogens is 2. The highest BCUT2D eigenvalue weighted by Gasteiger charge is 2.34. The van der Waals surface area contributed by atoms with Crippen molar-refractivity contribution >= 4 is 77.8 Å². The lowest BCUT2D eigenvalue weighted by Gasteiger charge is -2.36. The number of hydrogen-bond acceptors (Lipinski definition) is 10. The van der Waals surface area contributed by atoms with Crippen molar-refractivity contribution in [3.63, 3.8) is 0 Å². The summed E-state index contributed by atoms with van der Waals surface area (Å²) in [6.07, 6.45) is 0.908. The molecule has 2 saturated heterocycles. The predicted octanol–water partition coefficient (Wildman–Crippen LogP) is 6.41. The quantitative estimate of drug-likeness (QED) is 0.161. The fourth-order valence-electron chi connectivity index (χ4n) is 8.59. The molecule has 4 aromatic carbocycles. The first-order valence-electron chi connectivity index (χ1n) is 21.4. The van der Waals surface area contributed by atoms with Crippen LogP contribution in [0.5, 0.6) is 0 Å². The Labute approximate surface area is 386 Å². The van der Waals surface area contributed by atoms with Crippen LogP contribution in [0.4, 0.5) is 22.7 Å². The molecule has 0 spiro atoms. The summed E-state index contributed by atoms with van der Waals surface area (Å²) in [5.41, 5.74) is 6.31. The van der Waals surface area contributed by atoms with Crippen LogP contribution in [-0.4, -0.2) is 119 Å². The van der Waals surface area contributed by atoms with Crippen LogP contribution >= 0.6 is 23.2 Å². The van der Waals surface area contributed by atoms with Crippen molar-refractivity contribution in [1.29, 1.82) is 0 Å². The monoisotopic (exact) mass is 952 g/mol. The first-order valence-corrected chi connectivity index (χ1v) is 25.1. The van der Waals surface area contributed by atoms with Gasteiger partial charge in [-0.05, 0) is 110 Å². The van der Waals surface area contributed by atoms with Crippen molar-refractivity contribution in [3.05, 3.63) is 118 Å². The lowest BCUT2D eigenvalue weighted by atomic mass is 10.1. The fourth-order valence-corrected chi connectivity index (χ4v) is 11.9. The summed E-state index contributed by atoms with van der Waals surface area (Å²) in [5, 5.41) is 20.3. The number of anilines is 4. The second kappa shape index (κ2) is 19.8. The van der Waals surface area contributed by atoms with Gasteiger partial charge in [0.1, 0.15) is 11.9 Å². The van der Waals surface area contributed by atoms with Crippen LogP contribution in [0, 0.1) is 6.92 Å². The van der Waals surface area contributed by atoms with Gasteiger partial charge in [-0.1, -0.05) is 48.8 Å². The third-order valence-electron chi connectivity index (χ3n) is 12.1. The zero-order valence-corrected chi connectivity index (χ0v) is 39.1. The van der Waals surface area contributed by atoms with E-state index in [4.69, 9.17) is 23.2 Å². The van der Waals surface area contributed by atoms with Gasteiger partial charge in [-0.2, -0.15) is 8.61 Å². The van der Waals surface area contributed by atoms with Gasteiger partial charge in [0.25, 0.3) is 0 Å². The number of hydrogen-bond donors (Lipinski definition) is 2. The predicted molar refractivity (Wildman–Crippen MR) is 252 cm³/mol. The van der Waals surface area contributed by atoms with Gasteiger partial charge in [-0.15, -0.1) is 0 Å². The van der Waals surface area contributed by atoms with Crippen molar-refractivity contribution in [2.75, 3.05) is 85.0 Å². The molecule has 2 N–H and O–H groups in total. The van der Waals surface area contributed by atoms with E-state index in [1.54, 1.807) is 45.6 Å². The summed E-state index contributed by atoms with van der Waals surface area (Å²) in [5.74, 6) is -0.715. The summed E-state index contributed by atoms with van der Waals surface area (Å²) in [6, 6.07) is 23.3. The van der Waals surface area contributed by atoms with E-state index in [-0.39, 0.29) is 23.1 Å². The first-order chi connectivity index (χ1) is 30.5. The Morgan fingerprint density at radius 2 is 1.17 bits per heavy atom. The molecule has 64 heavy (non-hydrogen) atoms. The Morgan fingerprint density at radius 3 is 1.69 bits per heavy atom. The molecular formula is C46H54Cl2N6O8S2. The maximum atomic E-state index is 13.3. The molecule has 0 aliphatic carbocycles. The minimum atomic E-state index is -3.67. The molecule has 0 saturated carbocycles. The van der Waals surface area contributed by atoms with Crippen molar-refractivity contribution in [3.8, 4) is 0 Å². The van der Waals surface area contributed by atoms with E-state index in [0.29, 0.717) is 105 Å². The average Bonchev–Trinajstić information content (AvgIpc) is 3.92. The summed E-state index contributed by atoms with van der Waals surface area (Å²) in [6.45, 7) is 12.2. The molecule has 18 heteroatoms. The van der Waals surface area contributed by atoms with Gasteiger partial charge >= 0.3 is 0 Å². The molecule has 4 heterocycles. The Kier molecular flexibility index (Phi) is 14.6. The van der Waals surface area contributed by atoms with E-state index in [0.717, 1.165) is 40.2 Å². The number of amides is 2. The molecule has 0 bridgehead atoms. The molecule has 1 atom stereocenters. The van der Waals surface area contributed by atoms with Gasteiger partial charge in [0.2, 0.25) is 31.9 Å². The molecule has 14 nitrogen and oxygen atoms in total. The maximum absolute atomic E-state index is 13.3. The summed E-state index contributed by atoms with van der Waals surface area (Å²) in [7, 11) is -7.25. The number of aliphatic hydroxyl groups is 2. The SMILES string of the molecule is C=C(O)C(O)CC(=O)N1CCc2cc(S(=O)(=O)N3CCN(c4cccc(Cl)c4)CC3)ccc21.CCCC(=O)N1CCc2cc(S(=O)(=O)N3CCN(c4cc(Cl)ccc4C)CC3)ccc21. The van der Waals surface area contributed by atoms with E-state index < -0.39 is 31.9 Å². The minimum Gasteiger partial charge on any atom is -0.510 e. The smallest absolute Gasteiger partial charge is 0.243 e. The normalized spacial score (nSPS) is 17.4. The molecule has 342 valence electrons. The van der Waals surface area contributed by atoms with Crippen molar-refractivity contribution < 1.29 is 36.6 Å². The van der Waals surface area contributed by atoms with Crippen LogP contribution in [0.2, 0.25) is 10.0 Å². The molecule has 4 aromatic rings. The van der Waals surface area contributed by atoms with Gasteiger partial charge in [0, 0.05) is 105 Å². The van der Waals surface area contributed by atoms with E-state index in [1.165, 1.54) is 15.3 Å². The molecule has 4 aliphatic rings. The summed E-state index contributed by atoms with van der Waals surface area (Å²) >= 11 is 12.2. The summed E-state index contributed by atoms with van der Waals surface area (Å²) < 4.78 is 56.1. The lowest BCUT2D eigenvalue weighted by molar-refractivity contribution is -0.120. The summed E-state index contributed by atoms with van der Waals surface area (Å²) in [4.78, 5) is 32.9. The second-order valence-corrected chi connectivity index (χ2v) is 21.1. The number of carbonyl (C=O) groups is 2. The van der Waals surface area contributed by atoms with Gasteiger partial charge in [0.15, 0.2) is 0 Å². The van der Waals surface area contributed by atoms with Gasteiger partial charge in [-0.25, -0.2) is 16.8 Å². The zero-order chi connectivity index (χ0) is 45.9. The number of benzene rings is 4. The second-order valence-electron chi connectivity index (χ2n) is 16.3. The molecule has 0 radical (unpaired) electrons. The van der Waals surface area contributed by atoms with Crippen LogP contribution in [0.3, 0.4) is 0 Å². The van der Waals surface area contributed by atoms with E-state index in [2.05, 4.69) is 16.4 Å². The third kappa shape index (κ3) is 10.2. The number of rotatable bonds is 11. The molecule has 1 unspecified atom stereocenters. The third-order valence-corrected chi connectivity index (χ3v) is 16.4. The largest absolute Gasteiger partial charge is 0.510 e. The fraction of sp³-hybridized carbons (Fsp3) is 0.391. The van der Waals surface area contributed by atoms with E-state index in [9.17, 15) is 36.6 Å². The van der Waals surface area contributed by atoms with E-state index >= 15 is 0 Å². The van der Waals surface area contributed by atoms with Gasteiger partial charge < -0.3 is 29.8 Å². The Balaban J connectivity index is 0.000000192.